The van der Waals surface area contributed by atoms with Gasteiger partial charge in [-0.25, -0.2) is 0 Å². The van der Waals surface area contributed by atoms with E-state index < -0.39 is 0 Å². The smallest absolute Gasteiger partial charge is 0.258 e. The number of hydrogen-bond acceptors (Lipinski definition) is 5. The van der Waals surface area contributed by atoms with E-state index in [0.29, 0.717) is 12.2 Å². The van der Waals surface area contributed by atoms with Crippen molar-refractivity contribution in [2.24, 2.45) is 0 Å². The van der Waals surface area contributed by atoms with E-state index in [1.165, 1.54) is 28.7 Å². The normalized spacial score (nSPS) is 11.6. The molecule has 8 nitrogen and oxygen atoms in total. The molecule has 4 aromatic rings. The van der Waals surface area contributed by atoms with Gasteiger partial charge in [-0.3, -0.25) is 14.2 Å². The zero-order chi connectivity index (χ0) is 21.6. The first-order chi connectivity index (χ1) is 15.2. The minimum Gasteiger partial charge on any atom is -0.496 e. The first kappa shape index (κ1) is 20.1. The maximum absolute atomic E-state index is 13.3. The zero-order valence-electron chi connectivity index (χ0n) is 16.9. The summed E-state index contributed by atoms with van der Waals surface area (Å²) in [5.41, 5.74) is 1.52. The molecule has 2 aromatic heterocycles. The Labute approximate surface area is 178 Å². The molecule has 1 atom stereocenters. The second kappa shape index (κ2) is 9.08. The highest BCUT2D eigenvalue weighted by Gasteiger charge is 2.21. The van der Waals surface area contributed by atoms with Crippen LogP contribution in [-0.4, -0.2) is 32.6 Å². The predicted octanol–water partition coefficient (Wildman–Crippen LogP) is 2.61. The SMILES string of the molecule is COc1cc(=O)n(-c2ccccc2)cc1C(=O)NC(Cn1nccn1)c1ccccc1. The van der Waals surface area contributed by atoms with E-state index >= 15 is 0 Å². The van der Waals surface area contributed by atoms with Crippen molar-refractivity contribution in [3.8, 4) is 11.4 Å². The van der Waals surface area contributed by atoms with E-state index in [1.54, 1.807) is 24.5 Å². The van der Waals surface area contributed by atoms with Crippen molar-refractivity contribution in [3.63, 3.8) is 0 Å². The molecule has 0 fully saturated rings. The highest BCUT2D eigenvalue weighted by atomic mass is 16.5. The standard InChI is InChI=1S/C23H21N5O3/c1-31-21-14-22(29)27(18-10-6-3-7-11-18)15-19(21)23(30)26-20(16-28-24-12-13-25-28)17-8-4-2-5-9-17/h2-15,20H,16H2,1H3,(H,26,30). The molecule has 0 aliphatic rings. The average Bonchev–Trinajstić information content (AvgIpc) is 3.32. The van der Waals surface area contributed by atoms with Crippen molar-refractivity contribution in [3.05, 3.63) is 107 Å². The van der Waals surface area contributed by atoms with Crippen LogP contribution in [0.5, 0.6) is 5.75 Å². The molecule has 2 heterocycles. The van der Waals surface area contributed by atoms with Crippen LogP contribution in [0.1, 0.15) is 22.0 Å². The summed E-state index contributed by atoms with van der Waals surface area (Å²) in [5, 5.41) is 11.3. The van der Waals surface area contributed by atoms with Crippen LogP contribution in [-0.2, 0) is 6.54 Å². The fraction of sp³-hybridized carbons (Fsp3) is 0.130. The number of carbonyl (C=O) groups is 1. The van der Waals surface area contributed by atoms with E-state index in [4.69, 9.17) is 4.74 Å². The molecule has 0 saturated carbocycles. The molecule has 2 aromatic carbocycles. The van der Waals surface area contributed by atoms with Gasteiger partial charge in [0.15, 0.2) is 0 Å². The van der Waals surface area contributed by atoms with Crippen LogP contribution in [0, 0.1) is 0 Å². The number of methoxy groups -OCH3 is 1. The number of rotatable bonds is 7. The number of nitrogens with zero attached hydrogens (tertiary/aromatic N) is 4. The molecule has 0 spiro atoms. The van der Waals surface area contributed by atoms with Crippen molar-refractivity contribution < 1.29 is 9.53 Å². The number of amides is 1. The van der Waals surface area contributed by atoms with Gasteiger partial charge in [-0.1, -0.05) is 48.5 Å². The van der Waals surface area contributed by atoms with Crippen LogP contribution < -0.4 is 15.6 Å². The largest absolute Gasteiger partial charge is 0.496 e. The molecule has 0 aliphatic heterocycles. The van der Waals surface area contributed by atoms with Crippen LogP contribution in [0.25, 0.3) is 5.69 Å². The second-order valence-corrected chi connectivity index (χ2v) is 6.82. The van der Waals surface area contributed by atoms with E-state index in [0.717, 1.165) is 5.56 Å². The van der Waals surface area contributed by atoms with E-state index in [-0.39, 0.29) is 28.8 Å². The minimum atomic E-state index is -0.386. The molecule has 31 heavy (non-hydrogen) atoms. The number of ether oxygens (including phenoxy) is 1. The van der Waals surface area contributed by atoms with Gasteiger partial charge in [0.05, 0.1) is 37.7 Å². The first-order valence-electron chi connectivity index (χ1n) is 9.71. The average molecular weight is 415 g/mol. The lowest BCUT2D eigenvalue weighted by molar-refractivity contribution is 0.0927. The summed E-state index contributed by atoms with van der Waals surface area (Å²) in [4.78, 5) is 27.3. The molecule has 156 valence electrons. The summed E-state index contributed by atoms with van der Waals surface area (Å²) in [7, 11) is 1.43. The van der Waals surface area contributed by atoms with Crippen LogP contribution >= 0.6 is 0 Å². The summed E-state index contributed by atoms with van der Waals surface area (Å²) < 4.78 is 6.75. The Kier molecular flexibility index (Phi) is 5.89. The molecule has 0 saturated heterocycles. The quantitative estimate of drug-likeness (QED) is 0.501. The Morgan fingerprint density at radius 1 is 1.03 bits per heavy atom. The molecule has 4 rings (SSSR count). The molecular weight excluding hydrogens is 394 g/mol. The van der Waals surface area contributed by atoms with Gasteiger partial charge in [0.1, 0.15) is 5.75 Å². The summed E-state index contributed by atoms with van der Waals surface area (Å²) in [6, 6.07) is 19.6. The first-order valence-corrected chi connectivity index (χ1v) is 9.71. The number of aromatic nitrogens is 4. The van der Waals surface area contributed by atoms with Crippen molar-refractivity contribution in [2.75, 3.05) is 7.11 Å². The van der Waals surface area contributed by atoms with Gasteiger partial charge in [0.25, 0.3) is 11.5 Å². The van der Waals surface area contributed by atoms with E-state index in [9.17, 15) is 9.59 Å². The van der Waals surface area contributed by atoms with Crippen molar-refractivity contribution in [1.29, 1.82) is 0 Å². The lowest BCUT2D eigenvalue weighted by Gasteiger charge is -2.20. The van der Waals surface area contributed by atoms with Crippen LogP contribution in [0.4, 0.5) is 0 Å². The number of hydrogen-bond donors (Lipinski definition) is 1. The lowest BCUT2D eigenvalue weighted by atomic mass is 10.1. The molecule has 1 amide bonds. The molecule has 1 unspecified atom stereocenters. The third-order valence-electron chi connectivity index (χ3n) is 4.83. The molecule has 8 heteroatoms. The highest BCUT2D eigenvalue weighted by Crippen LogP contribution is 2.20. The van der Waals surface area contributed by atoms with Gasteiger partial charge in [0, 0.05) is 18.0 Å². The van der Waals surface area contributed by atoms with E-state index in [2.05, 4.69) is 15.5 Å². The van der Waals surface area contributed by atoms with Crippen molar-refractivity contribution in [1.82, 2.24) is 24.9 Å². The summed E-state index contributed by atoms with van der Waals surface area (Å²) in [6.45, 7) is 0.351. The Balaban J connectivity index is 1.69. The van der Waals surface area contributed by atoms with Gasteiger partial charge >= 0.3 is 0 Å². The number of para-hydroxylation sites is 1. The van der Waals surface area contributed by atoms with E-state index in [1.807, 2.05) is 48.5 Å². The maximum Gasteiger partial charge on any atom is 0.258 e. The van der Waals surface area contributed by atoms with Gasteiger partial charge in [-0.05, 0) is 17.7 Å². The van der Waals surface area contributed by atoms with Gasteiger partial charge < -0.3 is 10.1 Å². The minimum absolute atomic E-state index is 0.207. The highest BCUT2D eigenvalue weighted by molar-refractivity contribution is 5.97. The number of nitrogens with one attached hydrogen (secondary N) is 1. The second-order valence-electron chi connectivity index (χ2n) is 6.82. The Bertz CT molecular complexity index is 1210. The Morgan fingerprint density at radius 3 is 2.32 bits per heavy atom. The van der Waals surface area contributed by atoms with Crippen LogP contribution in [0.2, 0.25) is 0 Å². The predicted molar refractivity (Wildman–Crippen MR) is 115 cm³/mol. The fourth-order valence-electron chi connectivity index (χ4n) is 3.30. The van der Waals surface area contributed by atoms with Crippen molar-refractivity contribution >= 4 is 5.91 Å². The maximum atomic E-state index is 13.3. The summed E-state index contributed by atoms with van der Waals surface area (Å²) in [5.74, 6) is -0.166. The molecule has 0 radical (unpaired) electrons. The molecular formula is C23H21N5O3. The fourth-order valence-corrected chi connectivity index (χ4v) is 3.30. The Hall–Kier alpha value is -4.20. The van der Waals surface area contributed by atoms with Crippen molar-refractivity contribution in [2.45, 2.75) is 12.6 Å². The molecule has 1 N–H and O–H groups in total. The van der Waals surface area contributed by atoms with Crippen LogP contribution in [0.3, 0.4) is 0 Å². The number of pyridine rings is 1. The van der Waals surface area contributed by atoms with Gasteiger partial charge in [-0.2, -0.15) is 15.0 Å². The molecule has 0 aliphatic carbocycles. The summed E-state index contributed by atoms with van der Waals surface area (Å²) >= 11 is 0. The van der Waals surface area contributed by atoms with Gasteiger partial charge in [-0.15, -0.1) is 0 Å². The summed E-state index contributed by atoms with van der Waals surface area (Å²) in [6.07, 6.45) is 4.67. The third-order valence-corrected chi connectivity index (χ3v) is 4.83. The number of carbonyl (C=O) groups excluding carboxylic acids is 1. The van der Waals surface area contributed by atoms with Gasteiger partial charge in [0.2, 0.25) is 0 Å². The number of benzene rings is 2. The molecule has 0 bridgehead atoms. The third kappa shape index (κ3) is 4.53. The lowest BCUT2D eigenvalue weighted by Crippen LogP contribution is -2.33. The Morgan fingerprint density at radius 2 is 1.68 bits per heavy atom. The zero-order valence-corrected chi connectivity index (χ0v) is 16.9. The monoisotopic (exact) mass is 415 g/mol. The van der Waals surface area contributed by atoms with Crippen LogP contribution in [0.15, 0.2) is 90.1 Å². The topological polar surface area (TPSA) is 91.0 Å².